The van der Waals surface area contributed by atoms with Gasteiger partial charge in [0.1, 0.15) is 5.82 Å². The Morgan fingerprint density at radius 1 is 1.09 bits per heavy atom. The molecule has 0 unspecified atom stereocenters. The van der Waals surface area contributed by atoms with Gasteiger partial charge in [0, 0.05) is 50.3 Å². The first-order chi connectivity index (χ1) is 15.5. The molecule has 2 aromatic heterocycles. The molecule has 0 aliphatic carbocycles. The molecular weight excluding hydrogens is 401 g/mol. The second-order valence-corrected chi connectivity index (χ2v) is 9.16. The Labute approximate surface area is 190 Å². The van der Waals surface area contributed by atoms with Crippen molar-refractivity contribution in [2.24, 2.45) is 13.0 Å². The van der Waals surface area contributed by atoms with Crippen LogP contribution in [0.4, 0.5) is 4.39 Å². The molecule has 1 atom stereocenters. The van der Waals surface area contributed by atoms with Crippen molar-refractivity contribution in [2.45, 2.75) is 45.3 Å². The van der Waals surface area contributed by atoms with Crippen molar-refractivity contribution in [3.05, 3.63) is 83.2 Å². The largest absolute Gasteiger partial charge is 0.299 e. The molecule has 32 heavy (non-hydrogen) atoms. The van der Waals surface area contributed by atoms with Gasteiger partial charge in [-0.05, 0) is 81.6 Å². The van der Waals surface area contributed by atoms with Crippen LogP contribution in [0.1, 0.15) is 35.2 Å². The summed E-state index contributed by atoms with van der Waals surface area (Å²) in [5.74, 6) is 0.434. The van der Waals surface area contributed by atoms with Crippen LogP contribution in [-0.2, 0) is 26.6 Å². The molecule has 0 amide bonds. The normalized spacial score (nSPS) is 16.5. The molecule has 4 rings (SSSR count). The smallest absolute Gasteiger partial charge is 0.126 e. The molecule has 170 valence electrons. The predicted molar refractivity (Wildman–Crippen MR) is 126 cm³/mol. The number of nitrogens with zero attached hydrogens (tertiary/aromatic N) is 5. The first kappa shape index (κ1) is 22.6. The minimum absolute atomic E-state index is 0.0985. The second kappa shape index (κ2) is 10.4. The number of hydrogen-bond acceptors (Lipinski definition) is 4. The van der Waals surface area contributed by atoms with E-state index in [2.05, 4.69) is 52.2 Å². The number of likely N-dealkylation sites (tertiary alicyclic amines) is 1. The van der Waals surface area contributed by atoms with E-state index in [4.69, 9.17) is 0 Å². The highest BCUT2D eigenvalue weighted by atomic mass is 19.1. The molecule has 0 spiro atoms. The van der Waals surface area contributed by atoms with Crippen LogP contribution in [0.2, 0.25) is 0 Å². The number of pyridine rings is 1. The number of halogens is 1. The summed E-state index contributed by atoms with van der Waals surface area (Å²) in [6.45, 7) is 6.00. The van der Waals surface area contributed by atoms with Crippen LogP contribution in [0, 0.1) is 18.7 Å². The maximum atomic E-state index is 14.5. The fourth-order valence-corrected chi connectivity index (χ4v) is 5.00. The number of likely N-dealkylation sites (N-methyl/N-ethyl adjacent to an activating group) is 1. The molecule has 1 aromatic carbocycles. The Kier molecular flexibility index (Phi) is 7.33. The zero-order chi connectivity index (χ0) is 22.5. The summed E-state index contributed by atoms with van der Waals surface area (Å²) >= 11 is 0. The Morgan fingerprint density at radius 2 is 1.81 bits per heavy atom. The molecule has 1 aliphatic rings. The van der Waals surface area contributed by atoms with Crippen LogP contribution in [0.25, 0.3) is 0 Å². The summed E-state index contributed by atoms with van der Waals surface area (Å²) < 4.78 is 16.4. The summed E-state index contributed by atoms with van der Waals surface area (Å²) in [5, 5.41) is 4.50. The SMILES string of the molecule is Cc1nn(C)cc1CN(C)[C@@H](Cc1ccccc1F)C1CCN(Cc2ccncc2)CC1. The fourth-order valence-electron chi connectivity index (χ4n) is 5.00. The van der Waals surface area contributed by atoms with Crippen molar-refractivity contribution in [2.75, 3.05) is 20.1 Å². The number of aryl methyl sites for hydroxylation is 2. The lowest BCUT2D eigenvalue weighted by atomic mass is 9.84. The van der Waals surface area contributed by atoms with Crippen molar-refractivity contribution < 1.29 is 4.39 Å². The molecule has 3 heterocycles. The van der Waals surface area contributed by atoms with Crippen LogP contribution in [0.3, 0.4) is 0 Å². The molecule has 1 aliphatic heterocycles. The van der Waals surface area contributed by atoms with E-state index in [1.807, 2.05) is 36.3 Å². The van der Waals surface area contributed by atoms with Gasteiger partial charge in [0.2, 0.25) is 0 Å². The zero-order valence-electron chi connectivity index (χ0n) is 19.4. The average molecular weight is 436 g/mol. The van der Waals surface area contributed by atoms with Crippen LogP contribution in [0.15, 0.2) is 55.0 Å². The molecular formula is C26H34FN5. The van der Waals surface area contributed by atoms with Gasteiger partial charge in [-0.2, -0.15) is 5.10 Å². The first-order valence-corrected chi connectivity index (χ1v) is 11.5. The van der Waals surface area contributed by atoms with E-state index in [9.17, 15) is 4.39 Å². The van der Waals surface area contributed by atoms with Crippen molar-refractivity contribution in [3.8, 4) is 0 Å². The summed E-state index contributed by atoms with van der Waals surface area (Å²) in [5.41, 5.74) is 4.43. The van der Waals surface area contributed by atoms with Gasteiger partial charge in [0.15, 0.2) is 0 Å². The van der Waals surface area contributed by atoms with Crippen LogP contribution >= 0.6 is 0 Å². The quantitative estimate of drug-likeness (QED) is 0.531. The van der Waals surface area contributed by atoms with E-state index in [1.54, 1.807) is 12.1 Å². The molecule has 3 aromatic rings. The molecule has 0 saturated carbocycles. The van der Waals surface area contributed by atoms with Gasteiger partial charge in [0.05, 0.1) is 5.69 Å². The first-order valence-electron chi connectivity index (χ1n) is 11.5. The Bertz CT molecular complexity index is 994. The third kappa shape index (κ3) is 5.61. The minimum atomic E-state index is -0.0985. The molecule has 0 bridgehead atoms. The van der Waals surface area contributed by atoms with E-state index in [-0.39, 0.29) is 11.9 Å². The standard InChI is InChI=1S/C26H34FN5/c1-20-24(19-31(3)29-20)18-30(2)26(16-23-6-4-5-7-25(23)27)22-10-14-32(15-11-22)17-21-8-12-28-13-9-21/h4-9,12-13,19,22,26H,10-11,14-18H2,1-3H3/t26-/m0/s1. The van der Waals surface area contributed by atoms with E-state index < -0.39 is 0 Å². The summed E-state index contributed by atoms with van der Waals surface area (Å²) in [6, 6.07) is 11.7. The lowest BCUT2D eigenvalue weighted by molar-refractivity contribution is 0.0948. The molecule has 1 fully saturated rings. The van der Waals surface area contributed by atoms with Gasteiger partial charge in [-0.15, -0.1) is 0 Å². The van der Waals surface area contributed by atoms with Gasteiger partial charge < -0.3 is 0 Å². The highest BCUT2D eigenvalue weighted by Crippen LogP contribution is 2.29. The Hall–Kier alpha value is -2.57. The van der Waals surface area contributed by atoms with Crippen LogP contribution in [0.5, 0.6) is 0 Å². The van der Waals surface area contributed by atoms with Crippen molar-refractivity contribution in [3.63, 3.8) is 0 Å². The van der Waals surface area contributed by atoms with Gasteiger partial charge in [-0.1, -0.05) is 18.2 Å². The zero-order valence-corrected chi connectivity index (χ0v) is 19.4. The highest BCUT2D eigenvalue weighted by Gasteiger charge is 2.30. The number of hydrogen-bond donors (Lipinski definition) is 0. The van der Waals surface area contributed by atoms with Crippen molar-refractivity contribution in [1.29, 1.82) is 0 Å². The van der Waals surface area contributed by atoms with Crippen molar-refractivity contribution in [1.82, 2.24) is 24.6 Å². The molecule has 5 nitrogen and oxygen atoms in total. The van der Waals surface area contributed by atoms with E-state index in [0.29, 0.717) is 5.92 Å². The highest BCUT2D eigenvalue weighted by molar-refractivity contribution is 5.20. The Balaban J connectivity index is 1.46. The van der Waals surface area contributed by atoms with Crippen LogP contribution < -0.4 is 0 Å². The van der Waals surface area contributed by atoms with Gasteiger partial charge in [-0.3, -0.25) is 19.5 Å². The predicted octanol–water partition coefficient (Wildman–Crippen LogP) is 4.22. The maximum absolute atomic E-state index is 14.5. The van der Waals surface area contributed by atoms with Gasteiger partial charge >= 0.3 is 0 Å². The third-order valence-electron chi connectivity index (χ3n) is 6.82. The molecule has 6 heteroatoms. The Morgan fingerprint density at radius 3 is 2.47 bits per heavy atom. The molecule has 1 saturated heterocycles. The summed E-state index contributed by atoms with van der Waals surface area (Å²) in [4.78, 5) is 9.06. The molecule has 0 radical (unpaired) electrons. The fraction of sp³-hybridized carbons (Fsp3) is 0.462. The van der Waals surface area contributed by atoms with Crippen molar-refractivity contribution >= 4 is 0 Å². The second-order valence-electron chi connectivity index (χ2n) is 9.16. The van der Waals surface area contributed by atoms with Crippen LogP contribution in [-0.4, -0.2) is 50.7 Å². The average Bonchev–Trinajstić information content (AvgIpc) is 3.11. The minimum Gasteiger partial charge on any atom is -0.299 e. The van der Waals surface area contributed by atoms with E-state index >= 15 is 0 Å². The number of rotatable bonds is 8. The van der Waals surface area contributed by atoms with E-state index in [0.717, 1.165) is 56.7 Å². The number of piperidine rings is 1. The third-order valence-corrected chi connectivity index (χ3v) is 6.82. The monoisotopic (exact) mass is 435 g/mol. The lowest BCUT2D eigenvalue weighted by Gasteiger charge is -2.40. The summed E-state index contributed by atoms with van der Waals surface area (Å²) in [7, 11) is 4.15. The topological polar surface area (TPSA) is 37.2 Å². The maximum Gasteiger partial charge on any atom is 0.126 e. The van der Waals surface area contributed by atoms with Gasteiger partial charge in [-0.25, -0.2) is 4.39 Å². The number of benzene rings is 1. The number of aromatic nitrogens is 3. The molecule has 0 N–H and O–H groups in total. The summed E-state index contributed by atoms with van der Waals surface area (Å²) in [6.07, 6.45) is 8.81. The lowest BCUT2D eigenvalue weighted by Crippen LogP contribution is -2.45. The van der Waals surface area contributed by atoms with Gasteiger partial charge in [0.25, 0.3) is 0 Å². The van der Waals surface area contributed by atoms with E-state index in [1.165, 1.54) is 11.1 Å².